The molecule has 0 spiro atoms. The highest BCUT2D eigenvalue weighted by atomic mass is 32.2. The van der Waals surface area contributed by atoms with Gasteiger partial charge in [0.2, 0.25) is 0 Å². The summed E-state index contributed by atoms with van der Waals surface area (Å²) < 4.78 is 50.7. The molecule has 2 aliphatic rings. The van der Waals surface area contributed by atoms with Crippen molar-refractivity contribution >= 4 is 19.7 Å². The molecular formula is C13H25NO5S2. The van der Waals surface area contributed by atoms with Crippen LogP contribution in [0.2, 0.25) is 0 Å². The van der Waals surface area contributed by atoms with E-state index in [0.29, 0.717) is 18.8 Å². The van der Waals surface area contributed by atoms with Gasteiger partial charge in [0, 0.05) is 12.6 Å². The van der Waals surface area contributed by atoms with Crippen LogP contribution < -0.4 is 5.32 Å². The lowest BCUT2D eigenvalue weighted by Crippen LogP contribution is -2.30. The number of ether oxygens (including phenoxy) is 1. The van der Waals surface area contributed by atoms with Crippen LogP contribution in [0.25, 0.3) is 0 Å². The lowest BCUT2D eigenvalue weighted by atomic mass is 10.2. The van der Waals surface area contributed by atoms with E-state index in [9.17, 15) is 16.8 Å². The molecule has 6 nitrogen and oxygen atoms in total. The number of nitrogens with one attached hydrogen (secondary N) is 1. The molecule has 0 saturated carbocycles. The fourth-order valence-corrected chi connectivity index (χ4v) is 6.13. The van der Waals surface area contributed by atoms with Crippen molar-refractivity contribution in [3.63, 3.8) is 0 Å². The SMILES string of the molecule is O=S1(=O)CCC(NCCCCCOC2CCS(=O)(=O)C2)C1. The molecule has 2 saturated heterocycles. The lowest BCUT2D eigenvalue weighted by molar-refractivity contribution is 0.0680. The third kappa shape index (κ3) is 6.22. The molecule has 2 atom stereocenters. The Bertz CT molecular complexity index is 481. The molecule has 2 unspecified atom stereocenters. The standard InChI is InChI=1S/C13H25NO5S2/c15-20(16)8-4-12(10-20)14-6-2-1-3-7-19-13-5-9-21(17,18)11-13/h12-14H,1-11H2. The summed E-state index contributed by atoms with van der Waals surface area (Å²) in [7, 11) is -5.65. The van der Waals surface area contributed by atoms with E-state index in [4.69, 9.17) is 4.74 Å². The van der Waals surface area contributed by atoms with Gasteiger partial charge in [-0.3, -0.25) is 0 Å². The van der Waals surface area contributed by atoms with Crippen LogP contribution in [0.15, 0.2) is 0 Å². The predicted molar refractivity (Wildman–Crippen MR) is 81.9 cm³/mol. The maximum Gasteiger partial charge on any atom is 0.152 e. The number of unbranched alkanes of at least 4 members (excludes halogenated alkanes) is 2. The van der Waals surface area contributed by atoms with Crippen LogP contribution >= 0.6 is 0 Å². The molecule has 8 heteroatoms. The van der Waals surface area contributed by atoms with Crippen molar-refractivity contribution in [2.45, 2.75) is 44.2 Å². The van der Waals surface area contributed by atoms with Gasteiger partial charge in [0.1, 0.15) is 0 Å². The minimum atomic E-state index is -2.85. The molecule has 0 bridgehead atoms. The summed E-state index contributed by atoms with van der Waals surface area (Å²) >= 11 is 0. The molecule has 2 aliphatic heterocycles. The lowest BCUT2D eigenvalue weighted by Gasteiger charge is -2.11. The summed E-state index contributed by atoms with van der Waals surface area (Å²) in [5.74, 6) is 1.01. The monoisotopic (exact) mass is 339 g/mol. The third-order valence-corrected chi connectivity index (χ3v) is 7.54. The Morgan fingerprint density at radius 3 is 2.24 bits per heavy atom. The van der Waals surface area contributed by atoms with E-state index in [1.807, 2.05) is 0 Å². The van der Waals surface area contributed by atoms with E-state index in [1.165, 1.54) is 0 Å². The summed E-state index contributed by atoms with van der Waals surface area (Å²) in [4.78, 5) is 0. The highest BCUT2D eigenvalue weighted by Crippen LogP contribution is 2.15. The molecule has 2 heterocycles. The van der Waals surface area contributed by atoms with Crippen molar-refractivity contribution in [3.8, 4) is 0 Å². The van der Waals surface area contributed by atoms with Gasteiger partial charge in [-0.2, -0.15) is 0 Å². The number of rotatable bonds is 8. The van der Waals surface area contributed by atoms with E-state index in [1.54, 1.807) is 0 Å². The summed E-state index contributed by atoms with van der Waals surface area (Å²) in [6.07, 6.45) is 4.15. The van der Waals surface area contributed by atoms with E-state index < -0.39 is 19.7 Å². The van der Waals surface area contributed by atoms with Crippen LogP contribution in [-0.4, -0.2) is 65.1 Å². The van der Waals surface area contributed by atoms with Crippen LogP contribution in [-0.2, 0) is 24.4 Å². The summed E-state index contributed by atoms with van der Waals surface area (Å²) in [6.45, 7) is 1.44. The fraction of sp³-hybridized carbons (Fsp3) is 1.00. The smallest absolute Gasteiger partial charge is 0.152 e. The summed E-state index contributed by atoms with van der Waals surface area (Å²) in [6, 6.07) is 0.120. The Balaban J connectivity index is 1.44. The van der Waals surface area contributed by atoms with Gasteiger partial charge in [-0.25, -0.2) is 16.8 Å². The van der Waals surface area contributed by atoms with Crippen LogP contribution in [0.5, 0.6) is 0 Å². The van der Waals surface area contributed by atoms with E-state index in [2.05, 4.69) is 5.32 Å². The first-order chi connectivity index (χ1) is 9.86. The van der Waals surface area contributed by atoms with Crippen molar-refractivity contribution in [1.82, 2.24) is 5.32 Å². The van der Waals surface area contributed by atoms with Gasteiger partial charge in [-0.1, -0.05) is 0 Å². The van der Waals surface area contributed by atoms with Gasteiger partial charge in [0.15, 0.2) is 19.7 Å². The number of hydrogen-bond acceptors (Lipinski definition) is 6. The summed E-state index contributed by atoms with van der Waals surface area (Å²) in [5, 5.41) is 3.28. The predicted octanol–water partition coefficient (Wildman–Crippen LogP) is 0.137. The first kappa shape index (κ1) is 17.2. The van der Waals surface area contributed by atoms with Gasteiger partial charge < -0.3 is 10.1 Å². The highest BCUT2D eigenvalue weighted by Gasteiger charge is 2.28. The van der Waals surface area contributed by atoms with Gasteiger partial charge >= 0.3 is 0 Å². The van der Waals surface area contributed by atoms with E-state index in [0.717, 1.165) is 32.2 Å². The van der Waals surface area contributed by atoms with Gasteiger partial charge in [-0.15, -0.1) is 0 Å². The maximum absolute atomic E-state index is 11.3. The zero-order valence-electron chi connectivity index (χ0n) is 12.3. The molecule has 0 aliphatic carbocycles. The molecule has 124 valence electrons. The Morgan fingerprint density at radius 2 is 1.62 bits per heavy atom. The molecule has 2 fully saturated rings. The minimum absolute atomic E-state index is 0.114. The molecule has 0 aromatic rings. The zero-order chi connectivity index (χ0) is 15.3. The molecule has 1 N–H and O–H groups in total. The second-order valence-electron chi connectivity index (χ2n) is 6.01. The number of hydrogen-bond donors (Lipinski definition) is 1. The minimum Gasteiger partial charge on any atom is -0.377 e. The molecular weight excluding hydrogens is 314 g/mol. The normalized spacial score (nSPS) is 30.7. The van der Waals surface area contributed by atoms with Crippen molar-refractivity contribution in [2.24, 2.45) is 0 Å². The topological polar surface area (TPSA) is 89.5 Å². The molecule has 21 heavy (non-hydrogen) atoms. The molecule has 0 amide bonds. The zero-order valence-corrected chi connectivity index (χ0v) is 13.9. The Kier molecular flexibility index (Phi) is 6.05. The highest BCUT2D eigenvalue weighted by molar-refractivity contribution is 7.91. The van der Waals surface area contributed by atoms with Crippen LogP contribution in [0, 0.1) is 0 Å². The van der Waals surface area contributed by atoms with Crippen LogP contribution in [0.3, 0.4) is 0 Å². The third-order valence-electron chi connectivity index (χ3n) is 4.03. The summed E-state index contributed by atoms with van der Waals surface area (Å²) in [5.41, 5.74) is 0. The number of sulfone groups is 2. The van der Waals surface area contributed by atoms with Crippen molar-refractivity contribution in [3.05, 3.63) is 0 Å². The van der Waals surface area contributed by atoms with Crippen LogP contribution in [0.4, 0.5) is 0 Å². The van der Waals surface area contributed by atoms with Crippen LogP contribution in [0.1, 0.15) is 32.1 Å². The van der Waals surface area contributed by atoms with Gasteiger partial charge in [-0.05, 0) is 38.6 Å². The van der Waals surface area contributed by atoms with E-state index >= 15 is 0 Å². The van der Waals surface area contributed by atoms with Gasteiger partial charge in [0.05, 0.1) is 29.1 Å². The Labute approximate surface area is 127 Å². The first-order valence-corrected chi connectivity index (χ1v) is 11.3. The average molecular weight is 339 g/mol. The second-order valence-corrected chi connectivity index (χ2v) is 10.5. The molecule has 2 rings (SSSR count). The molecule has 0 radical (unpaired) electrons. The van der Waals surface area contributed by atoms with Gasteiger partial charge in [0.25, 0.3) is 0 Å². The van der Waals surface area contributed by atoms with Crippen molar-refractivity contribution in [2.75, 3.05) is 36.2 Å². The van der Waals surface area contributed by atoms with Crippen molar-refractivity contribution < 1.29 is 21.6 Å². The Morgan fingerprint density at radius 1 is 0.905 bits per heavy atom. The average Bonchev–Trinajstić information content (AvgIpc) is 2.90. The second kappa shape index (κ2) is 7.39. The maximum atomic E-state index is 11.3. The fourth-order valence-electron chi connectivity index (χ4n) is 2.81. The largest absolute Gasteiger partial charge is 0.377 e. The Hall–Kier alpha value is -0.180. The quantitative estimate of drug-likeness (QED) is 0.633. The first-order valence-electron chi connectivity index (χ1n) is 7.62. The molecule has 0 aromatic heterocycles. The molecule has 0 aromatic carbocycles. The van der Waals surface area contributed by atoms with E-state index in [-0.39, 0.29) is 29.4 Å². The van der Waals surface area contributed by atoms with Crippen molar-refractivity contribution in [1.29, 1.82) is 0 Å².